The maximum atomic E-state index is 11.7. The highest BCUT2D eigenvalue weighted by atomic mass is 79.9. The molecule has 0 amide bonds. The second-order valence-electron chi connectivity index (χ2n) is 6.18. The van der Waals surface area contributed by atoms with Gasteiger partial charge < -0.3 is 9.47 Å². The third-order valence-electron chi connectivity index (χ3n) is 4.87. The summed E-state index contributed by atoms with van der Waals surface area (Å²) in [7, 11) is 0. The Balaban J connectivity index is 1.52. The smallest absolute Gasteiger partial charge is 0.344 e. The van der Waals surface area contributed by atoms with Crippen LogP contribution in [0.4, 0.5) is 0 Å². The number of rotatable bonds is 4. The summed E-state index contributed by atoms with van der Waals surface area (Å²) in [5.41, 5.74) is 0. The zero-order valence-electron chi connectivity index (χ0n) is 10.8. The molecule has 0 aromatic carbocycles. The van der Waals surface area contributed by atoms with Crippen LogP contribution >= 0.6 is 15.9 Å². The number of halogens is 1. The molecule has 0 aromatic rings. The second-order valence-corrected chi connectivity index (χ2v) is 6.74. The van der Waals surface area contributed by atoms with E-state index >= 15 is 0 Å². The maximum Gasteiger partial charge on any atom is 0.344 e. The number of ether oxygens (including phenoxy) is 2. The minimum absolute atomic E-state index is 0.0722. The molecule has 0 atom stereocenters. The number of hydrogen-bond acceptors (Lipinski definition) is 4. The van der Waals surface area contributed by atoms with Crippen molar-refractivity contribution in [2.75, 3.05) is 11.9 Å². The van der Waals surface area contributed by atoms with Gasteiger partial charge in [0.05, 0.1) is 0 Å². The number of carbonyl (C=O) groups is 2. The number of carbonyl (C=O) groups excluding carboxylic acids is 2. The highest BCUT2D eigenvalue weighted by molar-refractivity contribution is 9.09. The van der Waals surface area contributed by atoms with Crippen molar-refractivity contribution in [3.8, 4) is 0 Å². The van der Waals surface area contributed by atoms with Gasteiger partial charge in [-0.25, -0.2) is 4.79 Å². The predicted octanol–water partition coefficient (Wildman–Crippen LogP) is 2.29. The van der Waals surface area contributed by atoms with Gasteiger partial charge in [-0.3, -0.25) is 4.79 Å². The molecule has 0 N–H and O–H groups in total. The van der Waals surface area contributed by atoms with Gasteiger partial charge in [-0.05, 0) is 55.8 Å². The van der Waals surface area contributed by atoms with E-state index in [2.05, 4.69) is 15.9 Å². The lowest BCUT2D eigenvalue weighted by atomic mass is 9.55. The van der Waals surface area contributed by atoms with Crippen LogP contribution in [0.3, 0.4) is 0 Å². The van der Waals surface area contributed by atoms with Crippen molar-refractivity contribution < 1.29 is 19.1 Å². The molecule has 4 rings (SSSR count). The van der Waals surface area contributed by atoms with E-state index in [1.165, 1.54) is 32.1 Å². The lowest BCUT2D eigenvalue weighted by Crippen LogP contribution is -2.50. The summed E-state index contributed by atoms with van der Waals surface area (Å²) in [5.74, 6) is 2.00. The molecule has 4 nitrogen and oxygen atoms in total. The first-order valence-electron chi connectivity index (χ1n) is 7.06. The van der Waals surface area contributed by atoms with Crippen LogP contribution in [0.2, 0.25) is 0 Å². The van der Waals surface area contributed by atoms with Crippen LogP contribution in [0.1, 0.15) is 32.1 Å². The van der Waals surface area contributed by atoms with Crippen LogP contribution in [0.25, 0.3) is 0 Å². The van der Waals surface area contributed by atoms with Crippen molar-refractivity contribution in [3.05, 3.63) is 0 Å². The van der Waals surface area contributed by atoms with Gasteiger partial charge >= 0.3 is 11.9 Å². The van der Waals surface area contributed by atoms with Crippen LogP contribution in [0.5, 0.6) is 0 Å². The van der Waals surface area contributed by atoms with E-state index in [9.17, 15) is 9.59 Å². The molecular weight excluding hydrogens is 312 g/mol. The number of alkyl halides is 1. The zero-order chi connectivity index (χ0) is 13.4. The zero-order valence-corrected chi connectivity index (χ0v) is 12.4. The van der Waals surface area contributed by atoms with Gasteiger partial charge in [-0.1, -0.05) is 15.9 Å². The van der Waals surface area contributed by atoms with Gasteiger partial charge in [0.25, 0.3) is 0 Å². The molecule has 0 aromatic heterocycles. The van der Waals surface area contributed by atoms with Gasteiger partial charge in [0.15, 0.2) is 6.61 Å². The summed E-state index contributed by atoms with van der Waals surface area (Å²) in [6.45, 7) is -0.257. The summed E-state index contributed by atoms with van der Waals surface area (Å²) >= 11 is 2.99. The fraction of sp³-hybridized carbons (Fsp3) is 0.857. The Morgan fingerprint density at radius 1 is 0.947 bits per heavy atom. The van der Waals surface area contributed by atoms with E-state index in [0.29, 0.717) is 11.8 Å². The lowest BCUT2D eigenvalue weighted by molar-refractivity contribution is -0.177. The molecule has 0 aliphatic heterocycles. The van der Waals surface area contributed by atoms with Crippen molar-refractivity contribution >= 4 is 27.9 Å². The summed E-state index contributed by atoms with van der Waals surface area (Å²) in [6, 6.07) is 0. The fourth-order valence-electron chi connectivity index (χ4n) is 4.43. The third-order valence-corrected chi connectivity index (χ3v) is 5.33. The predicted molar refractivity (Wildman–Crippen MR) is 71.7 cm³/mol. The summed E-state index contributed by atoms with van der Waals surface area (Å²) in [5, 5.41) is 0.109. The average Bonchev–Trinajstić information content (AvgIpc) is 2.39. The van der Waals surface area contributed by atoms with Gasteiger partial charge in [0, 0.05) is 0 Å². The Bertz CT molecular complexity index is 354. The Labute approximate surface area is 121 Å². The normalized spacial score (nSPS) is 39.1. The second kappa shape index (κ2) is 5.43. The lowest BCUT2D eigenvalue weighted by Gasteiger charge is -2.53. The molecule has 4 fully saturated rings. The van der Waals surface area contributed by atoms with Crippen LogP contribution in [0.15, 0.2) is 0 Å². The summed E-state index contributed by atoms with van der Waals surface area (Å²) in [6.07, 6.45) is 6.32. The molecule has 19 heavy (non-hydrogen) atoms. The number of esters is 2. The van der Waals surface area contributed by atoms with E-state index in [0.717, 1.165) is 11.8 Å². The molecular formula is C14H19BrO4. The highest BCUT2D eigenvalue weighted by Gasteiger charge is 2.49. The van der Waals surface area contributed by atoms with Gasteiger partial charge in [-0.2, -0.15) is 0 Å². The molecule has 0 radical (unpaired) electrons. The maximum absolute atomic E-state index is 11.7. The van der Waals surface area contributed by atoms with Crippen molar-refractivity contribution in [2.45, 2.75) is 38.2 Å². The molecule has 4 aliphatic carbocycles. The molecule has 4 bridgehead atoms. The van der Waals surface area contributed by atoms with Gasteiger partial charge in [0.1, 0.15) is 11.4 Å². The minimum Gasteiger partial charge on any atom is -0.459 e. The van der Waals surface area contributed by atoms with Gasteiger partial charge in [0.2, 0.25) is 0 Å². The van der Waals surface area contributed by atoms with Crippen molar-refractivity contribution in [1.82, 2.24) is 0 Å². The first kappa shape index (κ1) is 13.4. The Morgan fingerprint density at radius 3 is 2.05 bits per heavy atom. The molecule has 0 heterocycles. The van der Waals surface area contributed by atoms with E-state index in [1.54, 1.807) is 0 Å². The molecule has 106 valence electrons. The van der Waals surface area contributed by atoms with E-state index in [-0.39, 0.29) is 18.0 Å². The standard InChI is InChI=1S/C14H19BrO4/c15-6-12(16)18-7-13(17)19-14-10-2-8-1-9(4-10)5-11(14)3-8/h8-11,14H,1-7H2. The first-order chi connectivity index (χ1) is 9.15. The van der Waals surface area contributed by atoms with Crippen molar-refractivity contribution in [2.24, 2.45) is 23.7 Å². The topological polar surface area (TPSA) is 52.6 Å². The Kier molecular flexibility index (Phi) is 3.83. The molecule has 5 heteroatoms. The van der Waals surface area contributed by atoms with E-state index in [1.807, 2.05) is 0 Å². The van der Waals surface area contributed by atoms with Crippen LogP contribution < -0.4 is 0 Å². The highest BCUT2D eigenvalue weighted by Crippen LogP contribution is 2.54. The van der Waals surface area contributed by atoms with Crippen LogP contribution in [0, 0.1) is 23.7 Å². The first-order valence-corrected chi connectivity index (χ1v) is 8.19. The average molecular weight is 331 g/mol. The number of hydrogen-bond donors (Lipinski definition) is 0. The molecule has 0 saturated heterocycles. The summed E-state index contributed by atoms with van der Waals surface area (Å²) < 4.78 is 10.4. The monoisotopic (exact) mass is 330 g/mol. The minimum atomic E-state index is -0.429. The van der Waals surface area contributed by atoms with Gasteiger partial charge in [-0.15, -0.1) is 0 Å². The third kappa shape index (κ3) is 2.81. The molecule has 0 spiro atoms. The molecule has 4 aliphatic rings. The van der Waals surface area contributed by atoms with Crippen LogP contribution in [-0.2, 0) is 19.1 Å². The molecule has 0 unspecified atom stereocenters. The largest absolute Gasteiger partial charge is 0.459 e. The SMILES string of the molecule is O=C(CBr)OCC(=O)OC1C2CC3CC(C2)CC1C3. The van der Waals surface area contributed by atoms with Crippen LogP contribution in [-0.4, -0.2) is 30.0 Å². The van der Waals surface area contributed by atoms with E-state index in [4.69, 9.17) is 9.47 Å². The van der Waals surface area contributed by atoms with Crippen molar-refractivity contribution in [1.29, 1.82) is 0 Å². The summed E-state index contributed by atoms with van der Waals surface area (Å²) in [4.78, 5) is 22.7. The Hall–Kier alpha value is -0.580. The Morgan fingerprint density at radius 2 is 1.53 bits per heavy atom. The van der Waals surface area contributed by atoms with Crippen molar-refractivity contribution in [3.63, 3.8) is 0 Å². The molecule has 4 saturated carbocycles. The fourth-order valence-corrected chi connectivity index (χ4v) is 4.59. The van der Waals surface area contributed by atoms with E-state index < -0.39 is 11.9 Å². The quantitative estimate of drug-likeness (QED) is 0.586.